The lowest BCUT2D eigenvalue weighted by Gasteiger charge is -2.31. The molecule has 0 aromatic heterocycles. The van der Waals surface area contributed by atoms with Crippen molar-refractivity contribution in [2.24, 2.45) is 11.8 Å². The third kappa shape index (κ3) is 6.16. The molecule has 2 aliphatic rings. The van der Waals surface area contributed by atoms with Crippen LogP contribution in [0.25, 0.3) is 0 Å². The van der Waals surface area contributed by atoms with Gasteiger partial charge in [-0.25, -0.2) is 0 Å². The van der Waals surface area contributed by atoms with E-state index >= 15 is 0 Å². The molecule has 0 heterocycles. The first-order chi connectivity index (χ1) is 14.1. The number of nitrogens with zero attached hydrogens (tertiary/aromatic N) is 1. The number of aryl methyl sites for hydroxylation is 1. The molecule has 0 bridgehead atoms. The maximum Gasteiger partial charge on any atom is 0.309 e. The number of allylic oxidation sites excluding steroid dienone is 2. The summed E-state index contributed by atoms with van der Waals surface area (Å²) in [6.07, 6.45) is 10.6. The minimum atomic E-state index is -0.706. The third-order valence-electron chi connectivity index (χ3n) is 6.54. The first-order valence-electron chi connectivity index (χ1n) is 11.2. The lowest BCUT2D eigenvalue weighted by molar-refractivity contribution is -0.157. The average Bonchev–Trinajstić information content (AvgIpc) is 2.76. The molecule has 0 unspecified atom stereocenters. The molecule has 156 valence electrons. The molecule has 2 aliphatic carbocycles. The second kappa shape index (κ2) is 10.6. The van der Waals surface area contributed by atoms with Crippen molar-refractivity contribution >= 4 is 5.97 Å². The normalized spacial score (nSPS) is 27.8. The quantitative estimate of drug-likeness (QED) is 0.413. The summed E-state index contributed by atoms with van der Waals surface area (Å²) in [7, 11) is 0. The number of ether oxygens (including phenoxy) is 1. The van der Waals surface area contributed by atoms with Crippen LogP contribution in [0, 0.1) is 23.2 Å². The van der Waals surface area contributed by atoms with Crippen molar-refractivity contribution in [3.63, 3.8) is 0 Å². The molecule has 0 atom stereocenters. The van der Waals surface area contributed by atoms with Crippen LogP contribution in [0.15, 0.2) is 36.2 Å². The first kappa shape index (κ1) is 21.6. The van der Waals surface area contributed by atoms with Gasteiger partial charge in [0.25, 0.3) is 0 Å². The van der Waals surface area contributed by atoms with Crippen molar-refractivity contribution < 1.29 is 13.9 Å². The Balaban J connectivity index is 1.42. The number of rotatable bonds is 6. The van der Waals surface area contributed by atoms with Crippen LogP contribution < -0.4 is 0 Å². The van der Waals surface area contributed by atoms with E-state index < -0.39 is 5.83 Å². The minimum absolute atomic E-state index is 0.0132. The average molecular weight is 398 g/mol. The van der Waals surface area contributed by atoms with E-state index in [0.29, 0.717) is 5.92 Å². The van der Waals surface area contributed by atoms with Gasteiger partial charge in [-0.15, -0.1) is 0 Å². The molecule has 29 heavy (non-hydrogen) atoms. The fourth-order valence-corrected chi connectivity index (χ4v) is 4.79. The molecule has 2 saturated carbocycles. The van der Waals surface area contributed by atoms with Crippen molar-refractivity contribution in [2.45, 2.75) is 83.2 Å². The van der Waals surface area contributed by atoms with Crippen molar-refractivity contribution in [2.75, 3.05) is 0 Å². The molecular weight excluding hydrogens is 365 g/mol. The molecule has 1 aromatic carbocycles. The second-order valence-corrected chi connectivity index (χ2v) is 8.64. The highest BCUT2D eigenvalue weighted by molar-refractivity contribution is 5.72. The van der Waals surface area contributed by atoms with Crippen molar-refractivity contribution in [3.8, 4) is 6.07 Å². The molecule has 3 rings (SSSR count). The second-order valence-electron chi connectivity index (χ2n) is 8.64. The van der Waals surface area contributed by atoms with Gasteiger partial charge < -0.3 is 4.74 Å². The van der Waals surface area contributed by atoms with E-state index in [1.165, 1.54) is 29.7 Å². The summed E-state index contributed by atoms with van der Waals surface area (Å²) >= 11 is 0. The first-order valence-corrected chi connectivity index (χ1v) is 11.2. The fourth-order valence-electron chi connectivity index (χ4n) is 4.79. The van der Waals surface area contributed by atoms with Gasteiger partial charge in [0, 0.05) is 0 Å². The van der Waals surface area contributed by atoms with Crippen LogP contribution in [0.3, 0.4) is 0 Å². The van der Waals surface area contributed by atoms with Crippen molar-refractivity contribution in [1.29, 1.82) is 5.26 Å². The third-order valence-corrected chi connectivity index (χ3v) is 6.54. The van der Waals surface area contributed by atoms with E-state index in [0.717, 1.165) is 57.8 Å². The number of nitriles is 1. The zero-order valence-electron chi connectivity index (χ0n) is 17.4. The fraction of sp³-hybridized carbons (Fsp3) is 0.600. The SMILES string of the molecule is CCCc1ccc(C2CCC(C(=O)OC3CCC(/C=C(/F)C#N)CC3)CC2)cc1. The maximum atomic E-state index is 13.1. The maximum absolute atomic E-state index is 13.1. The van der Waals surface area contributed by atoms with Crippen molar-refractivity contribution in [3.05, 3.63) is 47.3 Å². The van der Waals surface area contributed by atoms with Crippen LogP contribution in [0.4, 0.5) is 4.39 Å². The summed E-state index contributed by atoms with van der Waals surface area (Å²) < 4.78 is 18.9. The number of hydrogen-bond donors (Lipinski definition) is 0. The lowest BCUT2D eigenvalue weighted by atomic mass is 9.78. The van der Waals surface area contributed by atoms with Crippen LogP contribution in [-0.4, -0.2) is 12.1 Å². The molecule has 2 fully saturated rings. The van der Waals surface area contributed by atoms with E-state index in [9.17, 15) is 9.18 Å². The lowest BCUT2D eigenvalue weighted by Crippen LogP contribution is -2.29. The summed E-state index contributed by atoms with van der Waals surface area (Å²) in [6.45, 7) is 2.20. The standard InChI is InChI=1S/C25H32FNO2/c1-2-3-18-4-8-20(9-5-18)21-10-12-22(13-11-21)25(28)29-24-14-6-19(7-15-24)16-23(26)17-27/h4-5,8-9,16,19,21-22,24H,2-3,6-7,10-15H2,1H3/b23-16+. The van der Waals surface area contributed by atoms with Crippen LogP contribution in [0.2, 0.25) is 0 Å². The number of carbonyl (C=O) groups is 1. The molecule has 0 spiro atoms. The Bertz CT molecular complexity index is 733. The van der Waals surface area contributed by atoms with Gasteiger partial charge in [0.2, 0.25) is 0 Å². The molecule has 0 aliphatic heterocycles. The van der Waals surface area contributed by atoms with E-state index in [1.807, 2.05) is 0 Å². The van der Waals surface area contributed by atoms with E-state index in [-0.39, 0.29) is 23.9 Å². The zero-order valence-corrected chi connectivity index (χ0v) is 17.4. The molecule has 4 heteroatoms. The highest BCUT2D eigenvalue weighted by atomic mass is 19.1. The molecule has 0 amide bonds. The predicted octanol–water partition coefficient (Wildman–Crippen LogP) is 6.39. The highest BCUT2D eigenvalue weighted by Gasteiger charge is 2.31. The van der Waals surface area contributed by atoms with Gasteiger partial charge in [-0.1, -0.05) is 37.6 Å². The number of esters is 1. The summed E-state index contributed by atoms with van der Waals surface area (Å²) in [5, 5.41) is 8.54. The van der Waals surface area contributed by atoms with Gasteiger partial charge in [-0.05, 0) is 86.8 Å². The molecule has 0 N–H and O–H groups in total. The smallest absolute Gasteiger partial charge is 0.309 e. The van der Waals surface area contributed by atoms with Crippen LogP contribution >= 0.6 is 0 Å². The van der Waals surface area contributed by atoms with E-state index in [2.05, 4.69) is 31.2 Å². The van der Waals surface area contributed by atoms with Gasteiger partial charge in [-0.2, -0.15) is 9.65 Å². The summed E-state index contributed by atoms with van der Waals surface area (Å²) in [5.74, 6) is -0.110. The summed E-state index contributed by atoms with van der Waals surface area (Å²) in [6, 6.07) is 10.5. The predicted molar refractivity (Wildman–Crippen MR) is 112 cm³/mol. The Hall–Kier alpha value is -2.15. The van der Waals surface area contributed by atoms with Crippen LogP contribution in [0.1, 0.15) is 81.8 Å². The molecule has 3 nitrogen and oxygen atoms in total. The van der Waals surface area contributed by atoms with Gasteiger partial charge in [-0.3, -0.25) is 4.79 Å². The summed E-state index contributed by atoms with van der Waals surface area (Å²) in [5.41, 5.74) is 2.79. The zero-order chi connectivity index (χ0) is 20.6. The van der Waals surface area contributed by atoms with Crippen LogP contribution in [-0.2, 0) is 16.0 Å². The molecule has 0 radical (unpaired) electrons. The Morgan fingerprint density at radius 1 is 1.10 bits per heavy atom. The number of carbonyl (C=O) groups excluding carboxylic acids is 1. The Morgan fingerprint density at radius 3 is 2.34 bits per heavy atom. The van der Waals surface area contributed by atoms with E-state index in [1.54, 1.807) is 0 Å². The van der Waals surface area contributed by atoms with Gasteiger partial charge in [0.05, 0.1) is 5.92 Å². The number of benzene rings is 1. The minimum Gasteiger partial charge on any atom is -0.462 e. The molecule has 0 saturated heterocycles. The van der Waals surface area contributed by atoms with E-state index in [4.69, 9.17) is 10.00 Å². The monoisotopic (exact) mass is 397 g/mol. The van der Waals surface area contributed by atoms with Gasteiger partial charge in [0.15, 0.2) is 5.83 Å². The van der Waals surface area contributed by atoms with Crippen molar-refractivity contribution in [1.82, 2.24) is 0 Å². The Morgan fingerprint density at radius 2 is 1.76 bits per heavy atom. The van der Waals surface area contributed by atoms with Gasteiger partial charge >= 0.3 is 5.97 Å². The highest BCUT2D eigenvalue weighted by Crippen LogP contribution is 2.37. The molecule has 1 aromatic rings. The Kier molecular flexibility index (Phi) is 7.86. The number of hydrogen-bond acceptors (Lipinski definition) is 3. The topological polar surface area (TPSA) is 50.1 Å². The summed E-state index contributed by atoms with van der Waals surface area (Å²) in [4.78, 5) is 12.6. The largest absolute Gasteiger partial charge is 0.462 e. The Labute approximate surface area is 173 Å². The van der Waals surface area contributed by atoms with Gasteiger partial charge in [0.1, 0.15) is 12.2 Å². The van der Waals surface area contributed by atoms with Crippen LogP contribution in [0.5, 0.6) is 0 Å². The molecular formula is C25H32FNO2. The number of halogens is 1.